The smallest absolute Gasteiger partial charge is 0.227 e. The maximum Gasteiger partial charge on any atom is 0.227 e. The van der Waals surface area contributed by atoms with Crippen LogP contribution in [0.2, 0.25) is 0 Å². The number of rotatable bonds is 3. The number of anilines is 1. The van der Waals surface area contributed by atoms with Crippen molar-refractivity contribution in [3.63, 3.8) is 0 Å². The van der Waals surface area contributed by atoms with Crippen LogP contribution in [0.3, 0.4) is 0 Å². The van der Waals surface area contributed by atoms with Crippen molar-refractivity contribution in [1.82, 2.24) is 10.2 Å². The quantitative estimate of drug-likeness (QED) is 0.846. The molecule has 1 aromatic carbocycles. The molecule has 1 aromatic heterocycles. The molecule has 1 heterocycles. The van der Waals surface area contributed by atoms with Crippen molar-refractivity contribution >= 4 is 11.6 Å². The summed E-state index contributed by atoms with van der Waals surface area (Å²) in [4.78, 5) is 11.6. The third-order valence-electron chi connectivity index (χ3n) is 2.89. The van der Waals surface area contributed by atoms with Crippen molar-refractivity contribution in [3.05, 3.63) is 36.5 Å². The summed E-state index contributed by atoms with van der Waals surface area (Å²) in [6.07, 6.45) is 3.75. The highest BCUT2D eigenvalue weighted by molar-refractivity contribution is 5.94. The van der Waals surface area contributed by atoms with E-state index in [1.165, 1.54) is 0 Å². The molecule has 1 aliphatic carbocycles. The Morgan fingerprint density at radius 3 is 2.94 bits per heavy atom. The maximum absolute atomic E-state index is 11.6. The van der Waals surface area contributed by atoms with Crippen molar-refractivity contribution in [2.75, 3.05) is 5.32 Å². The van der Waals surface area contributed by atoms with Gasteiger partial charge in [0.2, 0.25) is 5.91 Å². The van der Waals surface area contributed by atoms with Crippen LogP contribution in [0.5, 0.6) is 0 Å². The van der Waals surface area contributed by atoms with Gasteiger partial charge >= 0.3 is 0 Å². The fourth-order valence-electron chi connectivity index (χ4n) is 1.77. The zero-order valence-corrected chi connectivity index (χ0v) is 9.31. The predicted molar refractivity (Wildman–Crippen MR) is 65.4 cm³/mol. The maximum atomic E-state index is 11.6. The van der Waals surface area contributed by atoms with Crippen LogP contribution in [0.25, 0.3) is 11.3 Å². The van der Waals surface area contributed by atoms with E-state index in [1.807, 2.05) is 30.3 Å². The number of carbonyl (C=O) groups excluding carboxylic acids is 1. The van der Waals surface area contributed by atoms with Gasteiger partial charge in [0.1, 0.15) is 0 Å². The number of H-pyrrole nitrogens is 1. The standard InChI is InChI=1S/C13H13N3O/c17-13(9-4-5-9)15-11-3-1-2-10(8-11)12-6-7-14-16-12/h1-3,6-9H,4-5H2,(H,14,16)(H,15,17). The second-order valence-electron chi connectivity index (χ2n) is 4.31. The van der Waals surface area contributed by atoms with E-state index in [0.717, 1.165) is 29.8 Å². The Morgan fingerprint density at radius 2 is 2.24 bits per heavy atom. The molecule has 17 heavy (non-hydrogen) atoms. The lowest BCUT2D eigenvalue weighted by Crippen LogP contribution is -2.13. The van der Waals surface area contributed by atoms with E-state index in [0.29, 0.717) is 0 Å². The Kier molecular flexibility index (Phi) is 2.40. The summed E-state index contributed by atoms with van der Waals surface area (Å²) in [5.74, 6) is 0.359. The number of carbonyl (C=O) groups is 1. The molecule has 1 aliphatic rings. The lowest BCUT2D eigenvalue weighted by atomic mass is 10.1. The molecular weight excluding hydrogens is 214 g/mol. The monoisotopic (exact) mass is 227 g/mol. The van der Waals surface area contributed by atoms with Gasteiger partial charge in [-0.15, -0.1) is 0 Å². The molecule has 2 aromatic rings. The Morgan fingerprint density at radius 1 is 1.35 bits per heavy atom. The number of amides is 1. The molecule has 3 rings (SSSR count). The van der Waals surface area contributed by atoms with Crippen LogP contribution in [-0.4, -0.2) is 16.1 Å². The molecule has 4 heteroatoms. The number of nitrogens with one attached hydrogen (secondary N) is 2. The van der Waals surface area contributed by atoms with Gasteiger partial charge in [-0.3, -0.25) is 9.89 Å². The lowest BCUT2D eigenvalue weighted by molar-refractivity contribution is -0.117. The van der Waals surface area contributed by atoms with E-state index in [2.05, 4.69) is 15.5 Å². The van der Waals surface area contributed by atoms with E-state index < -0.39 is 0 Å². The van der Waals surface area contributed by atoms with Gasteiger partial charge in [-0.2, -0.15) is 5.10 Å². The van der Waals surface area contributed by atoms with Crippen LogP contribution in [0.4, 0.5) is 5.69 Å². The minimum absolute atomic E-state index is 0.131. The van der Waals surface area contributed by atoms with Crippen LogP contribution >= 0.6 is 0 Å². The van der Waals surface area contributed by atoms with Gasteiger partial charge < -0.3 is 5.32 Å². The van der Waals surface area contributed by atoms with Crippen molar-refractivity contribution in [2.45, 2.75) is 12.8 Å². The number of nitrogens with zero attached hydrogens (tertiary/aromatic N) is 1. The van der Waals surface area contributed by atoms with Gasteiger partial charge in [-0.05, 0) is 31.0 Å². The highest BCUT2D eigenvalue weighted by Gasteiger charge is 2.29. The van der Waals surface area contributed by atoms with Gasteiger partial charge in [0.25, 0.3) is 0 Å². The van der Waals surface area contributed by atoms with Crippen LogP contribution in [0.15, 0.2) is 36.5 Å². The van der Waals surface area contributed by atoms with Gasteiger partial charge in [0.05, 0.1) is 5.69 Å². The zero-order chi connectivity index (χ0) is 11.7. The van der Waals surface area contributed by atoms with Crippen LogP contribution < -0.4 is 5.32 Å². The highest BCUT2D eigenvalue weighted by Crippen LogP contribution is 2.30. The number of hydrogen-bond acceptors (Lipinski definition) is 2. The average molecular weight is 227 g/mol. The molecule has 86 valence electrons. The molecule has 1 fully saturated rings. The predicted octanol–water partition coefficient (Wildman–Crippen LogP) is 2.43. The minimum atomic E-state index is 0.131. The van der Waals surface area contributed by atoms with Crippen molar-refractivity contribution in [1.29, 1.82) is 0 Å². The van der Waals surface area contributed by atoms with E-state index in [-0.39, 0.29) is 11.8 Å². The summed E-state index contributed by atoms with van der Waals surface area (Å²) in [5, 5.41) is 9.75. The van der Waals surface area contributed by atoms with Crippen molar-refractivity contribution in [2.24, 2.45) is 5.92 Å². The first kappa shape index (κ1) is 10.1. The molecule has 4 nitrogen and oxygen atoms in total. The average Bonchev–Trinajstić information content (AvgIpc) is 3.05. The third kappa shape index (κ3) is 2.20. The van der Waals surface area contributed by atoms with E-state index in [4.69, 9.17) is 0 Å². The lowest BCUT2D eigenvalue weighted by Gasteiger charge is -2.05. The molecule has 1 amide bonds. The van der Waals surface area contributed by atoms with Crippen molar-refractivity contribution in [3.8, 4) is 11.3 Å². The van der Waals surface area contributed by atoms with Crippen molar-refractivity contribution < 1.29 is 4.79 Å². The Labute approximate surface area is 99.1 Å². The van der Waals surface area contributed by atoms with Gasteiger partial charge in [0.15, 0.2) is 0 Å². The fourth-order valence-corrected chi connectivity index (χ4v) is 1.77. The second kappa shape index (κ2) is 4.05. The van der Waals surface area contributed by atoms with E-state index in [1.54, 1.807) is 6.20 Å². The highest BCUT2D eigenvalue weighted by atomic mass is 16.2. The SMILES string of the molecule is O=C(Nc1cccc(-c2ccn[nH]2)c1)C1CC1. The normalized spacial score (nSPS) is 14.6. The molecule has 0 atom stereocenters. The molecule has 0 aliphatic heterocycles. The van der Waals surface area contributed by atoms with E-state index in [9.17, 15) is 4.79 Å². The Hall–Kier alpha value is -2.10. The summed E-state index contributed by atoms with van der Waals surface area (Å²) in [7, 11) is 0. The summed E-state index contributed by atoms with van der Waals surface area (Å²) in [5.41, 5.74) is 2.82. The number of benzene rings is 1. The van der Waals surface area contributed by atoms with Gasteiger partial charge in [-0.1, -0.05) is 12.1 Å². The van der Waals surface area contributed by atoms with Gasteiger partial charge in [0, 0.05) is 23.4 Å². The molecule has 2 N–H and O–H groups in total. The summed E-state index contributed by atoms with van der Waals surface area (Å²) in [6, 6.07) is 9.68. The van der Waals surface area contributed by atoms with E-state index >= 15 is 0 Å². The third-order valence-corrected chi connectivity index (χ3v) is 2.89. The first-order valence-corrected chi connectivity index (χ1v) is 5.73. The molecular formula is C13H13N3O. The number of aromatic amines is 1. The molecule has 0 unspecified atom stereocenters. The molecule has 0 bridgehead atoms. The Balaban J connectivity index is 1.81. The van der Waals surface area contributed by atoms with Crippen LogP contribution in [0, 0.1) is 5.92 Å². The summed E-state index contributed by atoms with van der Waals surface area (Å²) < 4.78 is 0. The largest absolute Gasteiger partial charge is 0.326 e. The first-order valence-electron chi connectivity index (χ1n) is 5.73. The second-order valence-corrected chi connectivity index (χ2v) is 4.31. The molecule has 0 spiro atoms. The van der Waals surface area contributed by atoms with Crippen LogP contribution in [0.1, 0.15) is 12.8 Å². The summed E-state index contributed by atoms with van der Waals surface area (Å²) >= 11 is 0. The van der Waals surface area contributed by atoms with Crippen LogP contribution in [-0.2, 0) is 4.79 Å². The molecule has 0 saturated heterocycles. The zero-order valence-electron chi connectivity index (χ0n) is 9.31. The minimum Gasteiger partial charge on any atom is -0.326 e. The Bertz CT molecular complexity index is 529. The summed E-state index contributed by atoms with van der Waals surface area (Å²) in [6.45, 7) is 0. The molecule has 1 saturated carbocycles. The number of hydrogen-bond donors (Lipinski definition) is 2. The fraction of sp³-hybridized carbons (Fsp3) is 0.231. The van der Waals surface area contributed by atoms with Gasteiger partial charge in [-0.25, -0.2) is 0 Å². The molecule has 0 radical (unpaired) electrons. The topological polar surface area (TPSA) is 57.8 Å². The first-order chi connectivity index (χ1) is 8.33. The number of aromatic nitrogens is 2.